The van der Waals surface area contributed by atoms with E-state index in [1.54, 1.807) is 20.8 Å². The van der Waals surface area contributed by atoms with E-state index in [1.807, 2.05) is 27.7 Å². The highest BCUT2D eigenvalue weighted by molar-refractivity contribution is 5.87. The number of amides is 3. The molecule has 0 aromatic carbocycles. The summed E-state index contributed by atoms with van der Waals surface area (Å²) in [5.74, 6) is -1.61. The minimum atomic E-state index is -0.855. The molecule has 4 N–H and O–H groups in total. The lowest BCUT2D eigenvalue weighted by Crippen LogP contribution is -2.56. The first-order valence-corrected chi connectivity index (χ1v) is 12.5. The number of aliphatic hydroxyl groups is 1. The number of aliphatic hydroxyl groups excluding tert-OH is 1. The molecule has 35 heavy (non-hydrogen) atoms. The van der Waals surface area contributed by atoms with Crippen LogP contribution in [0.3, 0.4) is 0 Å². The zero-order valence-electron chi connectivity index (χ0n) is 22.5. The third-order valence-electron chi connectivity index (χ3n) is 6.21. The van der Waals surface area contributed by atoms with Gasteiger partial charge in [-0.25, -0.2) is 9.59 Å². The van der Waals surface area contributed by atoms with E-state index >= 15 is 0 Å². The number of hydrogen-bond acceptors (Lipinski definition) is 7. The molecule has 0 bridgehead atoms. The van der Waals surface area contributed by atoms with E-state index in [4.69, 9.17) is 9.47 Å². The predicted molar refractivity (Wildman–Crippen MR) is 131 cm³/mol. The summed E-state index contributed by atoms with van der Waals surface area (Å²) in [6.07, 6.45) is 0.586. The van der Waals surface area contributed by atoms with Crippen molar-refractivity contribution in [2.75, 3.05) is 7.11 Å². The molecule has 1 rings (SSSR count). The van der Waals surface area contributed by atoms with Gasteiger partial charge in [-0.1, -0.05) is 34.1 Å². The number of rotatable bonds is 11. The van der Waals surface area contributed by atoms with Gasteiger partial charge in [-0.3, -0.25) is 9.59 Å². The molecule has 1 aliphatic carbocycles. The number of alkyl carbamates (subject to hydrolysis) is 1. The smallest absolute Gasteiger partial charge is 0.408 e. The monoisotopic (exact) mass is 499 g/mol. The summed E-state index contributed by atoms with van der Waals surface area (Å²) in [4.78, 5) is 50.2. The van der Waals surface area contributed by atoms with Crippen molar-refractivity contribution in [3.05, 3.63) is 0 Å². The maximum atomic E-state index is 13.2. The van der Waals surface area contributed by atoms with E-state index in [2.05, 4.69) is 16.0 Å². The van der Waals surface area contributed by atoms with Crippen LogP contribution in [0.15, 0.2) is 0 Å². The summed E-state index contributed by atoms with van der Waals surface area (Å²) < 4.78 is 10.1. The first kappa shape index (κ1) is 30.7. The van der Waals surface area contributed by atoms with Gasteiger partial charge >= 0.3 is 12.1 Å². The van der Waals surface area contributed by atoms with E-state index < -0.39 is 47.8 Å². The molecule has 10 heteroatoms. The molecular formula is C25H45N3O7. The van der Waals surface area contributed by atoms with Gasteiger partial charge in [0.1, 0.15) is 17.7 Å². The molecule has 0 radical (unpaired) electrons. The molecule has 0 unspecified atom stereocenters. The van der Waals surface area contributed by atoms with E-state index in [0.717, 1.165) is 0 Å². The summed E-state index contributed by atoms with van der Waals surface area (Å²) in [7, 11) is 1.28. The highest BCUT2D eigenvalue weighted by Crippen LogP contribution is 2.29. The Morgan fingerprint density at radius 3 is 2.20 bits per heavy atom. The van der Waals surface area contributed by atoms with Crippen molar-refractivity contribution in [3.63, 3.8) is 0 Å². The maximum absolute atomic E-state index is 13.2. The molecule has 0 aliphatic heterocycles. The molecule has 1 aliphatic rings. The fraction of sp³-hybridized carbons (Fsp3) is 0.840. The van der Waals surface area contributed by atoms with Crippen LogP contribution in [0.5, 0.6) is 0 Å². The van der Waals surface area contributed by atoms with Crippen LogP contribution in [-0.2, 0) is 23.9 Å². The van der Waals surface area contributed by atoms with Crippen molar-refractivity contribution in [1.29, 1.82) is 0 Å². The van der Waals surface area contributed by atoms with E-state index in [-0.39, 0.29) is 30.1 Å². The molecule has 202 valence electrons. The third kappa shape index (κ3) is 10.4. The average Bonchev–Trinajstić information content (AvgIpc) is 3.07. The zero-order chi connectivity index (χ0) is 26.9. The van der Waals surface area contributed by atoms with Gasteiger partial charge in [0.15, 0.2) is 0 Å². The molecule has 1 fully saturated rings. The average molecular weight is 500 g/mol. The number of esters is 1. The van der Waals surface area contributed by atoms with Crippen LogP contribution in [0.4, 0.5) is 4.79 Å². The van der Waals surface area contributed by atoms with Gasteiger partial charge in [-0.2, -0.15) is 0 Å². The number of nitrogens with one attached hydrogen (secondary N) is 3. The van der Waals surface area contributed by atoms with Crippen LogP contribution in [0, 0.1) is 17.8 Å². The van der Waals surface area contributed by atoms with Gasteiger partial charge in [-0.15, -0.1) is 0 Å². The lowest BCUT2D eigenvalue weighted by atomic mass is 9.95. The van der Waals surface area contributed by atoms with Gasteiger partial charge in [-0.05, 0) is 57.8 Å². The largest absolute Gasteiger partial charge is 0.467 e. The Morgan fingerprint density at radius 2 is 1.69 bits per heavy atom. The first-order chi connectivity index (χ1) is 16.2. The zero-order valence-corrected chi connectivity index (χ0v) is 22.5. The van der Waals surface area contributed by atoms with E-state index in [9.17, 15) is 24.3 Å². The molecule has 0 aromatic heterocycles. The summed E-state index contributed by atoms with van der Waals surface area (Å²) in [5, 5.41) is 18.8. The van der Waals surface area contributed by atoms with Crippen LogP contribution in [0.25, 0.3) is 0 Å². The van der Waals surface area contributed by atoms with Gasteiger partial charge in [0, 0.05) is 6.42 Å². The summed E-state index contributed by atoms with van der Waals surface area (Å²) >= 11 is 0. The number of hydrogen-bond donors (Lipinski definition) is 4. The van der Waals surface area contributed by atoms with Crippen molar-refractivity contribution in [3.8, 4) is 0 Å². The molecule has 10 nitrogen and oxygen atoms in total. The van der Waals surface area contributed by atoms with Crippen molar-refractivity contribution in [1.82, 2.24) is 16.0 Å². The maximum Gasteiger partial charge on any atom is 0.408 e. The van der Waals surface area contributed by atoms with Gasteiger partial charge in [0.2, 0.25) is 11.8 Å². The summed E-state index contributed by atoms with van der Waals surface area (Å²) in [5.41, 5.74) is -0.710. The minimum Gasteiger partial charge on any atom is -0.467 e. The Balaban J connectivity index is 2.87. The molecule has 3 amide bonds. The van der Waals surface area contributed by atoms with Crippen LogP contribution < -0.4 is 16.0 Å². The molecular weight excluding hydrogens is 454 g/mol. The lowest BCUT2D eigenvalue weighted by Gasteiger charge is -2.30. The minimum absolute atomic E-state index is 0.0427. The van der Waals surface area contributed by atoms with Crippen molar-refractivity contribution in [2.24, 2.45) is 17.8 Å². The highest BCUT2D eigenvalue weighted by atomic mass is 16.6. The normalized spacial score (nSPS) is 22.6. The second kappa shape index (κ2) is 13.7. The topological polar surface area (TPSA) is 143 Å². The summed E-state index contributed by atoms with van der Waals surface area (Å²) in [6, 6.07) is -2.26. The van der Waals surface area contributed by atoms with E-state index in [1.165, 1.54) is 7.11 Å². The van der Waals surface area contributed by atoms with Crippen LogP contribution >= 0.6 is 0 Å². The second-order valence-electron chi connectivity index (χ2n) is 10.9. The molecule has 0 aromatic rings. The lowest BCUT2D eigenvalue weighted by molar-refractivity contribution is -0.145. The number of carbonyl (C=O) groups excluding carboxylic acids is 4. The Bertz CT molecular complexity index is 735. The van der Waals surface area contributed by atoms with Gasteiger partial charge < -0.3 is 30.5 Å². The van der Waals surface area contributed by atoms with Crippen molar-refractivity contribution < 1.29 is 33.8 Å². The van der Waals surface area contributed by atoms with Crippen molar-refractivity contribution in [2.45, 2.75) is 110 Å². The van der Waals surface area contributed by atoms with Crippen LogP contribution in [0.1, 0.15) is 80.6 Å². The SMILES string of the molecule is CC[C@H](C)[C@H](NC(=O)OC(C)(C)C)C(=O)N[C@H]1[C@@H](CC(=O)N[C@@H](CC(C)C)C(=O)OC)CC[C@@H]1O. The summed E-state index contributed by atoms with van der Waals surface area (Å²) in [6.45, 7) is 12.9. The Labute approximate surface area is 209 Å². The Hall–Kier alpha value is -2.36. The van der Waals surface area contributed by atoms with Crippen molar-refractivity contribution >= 4 is 23.9 Å². The van der Waals surface area contributed by atoms with Crippen LogP contribution in [0.2, 0.25) is 0 Å². The predicted octanol–water partition coefficient (Wildman–Crippen LogP) is 2.28. The Kier molecular flexibility index (Phi) is 12.0. The quantitative estimate of drug-likeness (QED) is 0.319. The molecule has 1 saturated carbocycles. The molecule has 0 saturated heterocycles. The Morgan fingerprint density at radius 1 is 1.06 bits per heavy atom. The fourth-order valence-corrected chi connectivity index (χ4v) is 4.21. The van der Waals surface area contributed by atoms with Crippen LogP contribution in [-0.4, -0.2) is 65.9 Å². The number of methoxy groups -OCH3 is 1. The van der Waals surface area contributed by atoms with Gasteiger partial charge in [0.25, 0.3) is 0 Å². The third-order valence-corrected chi connectivity index (χ3v) is 6.21. The van der Waals surface area contributed by atoms with Gasteiger partial charge in [0.05, 0.1) is 19.3 Å². The fourth-order valence-electron chi connectivity index (χ4n) is 4.21. The number of ether oxygens (including phenoxy) is 2. The number of carbonyl (C=O) groups is 4. The first-order valence-electron chi connectivity index (χ1n) is 12.5. The standard InChI is InChI=1S/C25H45N3O7/c1-9-15(4)20(28-24(33)35-25(5,6)7)22(31)27-21-16(10-11-18(21)29)13-19(30)26-17(12-14(2)3)23(32)34-8/h14-18,20-21,29H,9-13H2,1-8H3,(H,26,30)(H,27,31)(H,28,33)/t15-,16+,17-,18-,20-,21-/m0/s1. The molecule has 0 spiro atoms. The van der Waals surface area contributed by atoms with E-state index in [0.29, 0.717) is 25.7 Å². The molecule has 6 atom stereocenters. The molecule has 0 heterocycles. The second-order valence-corrected chi connectivity index (χ2v) is 10.9. The highest BCUT2D eigenvalue weighted by Gasteiger charge is 2.39.